The van der Waals surface area contributed by atoms with Gasteiger partial charge in [-0.3, -0.25) is 4.79 Å². The number of hydrogen-bond acceptors (Lipinski definition) is 7. The summed E-state index contributed by atoms with van der Waals surface area (Å²) in [5.41, 5.74) is 8.94. The maximum Gasteiger partial charge on any atom is 0.222 e. The van der Waals surface area contributed by atoms with Crippen LogP contribution in [0.25, 0.3) is 0 Å². The van der Waals surface area contributed by atoms with Gasteiger partial charge in [-0.1, -0.05) is 156 Å². The number of ether oxygens (including phenoxy) is 4. The molecule has 8 nitrogen and oxygen atoms in total. The topological polar surface area (TPSA) is 112 Å². The third-order valence-electron chi connectivity index (χ3n) is 8.27. The average Bonchev–Trinajstić information content (AvgIpc) is 3.15. The number of aliphatic hydroxyl groups is 1. The van der Waals surface area contributed by atoms with Gasteiger partial charge in [0.1, 0.15) is 13.6 Å². The minimum absolute atomic E-state index is 0.0509. The lowest BCUT2D eigenvalue weighted by molar-refractivity contribution is -0.139. The van der Waals surface area contributed by atoms with Crippen LogP contribution in [-0.4, -0.2) is 49.9 Å². The van der Waals surface area contributed by atoms with Crippen molar-refractivity contribution in [2.75, 3.05) is 26.7 Å². The molecule has 1 unspecified atom stereocenters. The highest BCUT2D eigenvalue weighted by Gasteiger charge is 2.17. The number of carbonyl (C=O) groups excluding carboxylic acids is 1. The Morgan fingerprint density at radius 3 is 1.60 bits per heavy atom. The molecule has 3 rings (SSSR count). The summed E-state index contributed by atoms with van der Waals surface area (Å²) in [7, 11) is 0. The van der Waals surface area contributed by atoms with Crippen LogP contribution in [0.5, 0.6) is 0 Å². The zero-order valence-electron chi connectivity index (χ0n) is 30.5. The summed E-state index contributed by atoms with van der Waals surface area (Å²) in [5, 5.41) is 12.4. The number of unbranched alkanes of at least 4 members (excludes halogenated alkanes) is 8. The normalized spacial score (nSPS) is 12.1. The number of benzene rings is 3. The standard InChI is InChI=1S/C26H46N2O3.C16H18O3/c1-2-3-4-5-6-7-8-9-13-18-25(31-22-23-15-11-10-12-16-23)20-26(30)28-24(21-29)17-14-19-27;1-3-7-15(8-4-1)11-17-13-19-14-18-12-16-9-5-2-6-10-16/h10-12,15-16,24-25,29H,2-9,13-14,17-22,27H2,1H3,(H,28,30);1-10H,11-14H2/t24-,25?;/m1./s1. The fourth-order valence-corrected chi connectivity index (χ4v) is 5.40. The SMILES string of the molecule is CCCCCCCCCCCC(CC(=O)N[C@@H](CO)CCCN)OCc1ccccc1.c1ccc(COCOCOCc2ccccc2)cc1. The summed E-state index contributed by atoms with van der Waals surface area (Å²) in [6, 6.07) is 29.9. The molecule has 50 heavy (non-hydrogen) atoms. The molecule has 278 valence electrons. The first-order chi connectivity index (χ1) is 24.6. The minimum atomic E-state index is -0.224. The second-order valence-corrected chi connectivity index (χ2v) is 12.7. The van der Waals surface area contributed by atoms with Gasteiger partial charge < -0.3 is 35.1 Å². The van der Waals surface area contributed by atoms with Gasteiger partial charge in [-0.15, -0.1) is 0 Å². The Morgan fingerprint density at radius 2 is 1.12 bits per heavy atom. The molecule has 0 aliphatic heterocycles. The molecule has 3 aromatic carbocycles. The van der Waals surface area contributed by atoms with Crippen LogP contribution in [0.3, 0.4) is 0 Å². The van der Waals surface area contributed by atoms with Crippen molar-refractivity contribution in [3.05, 3.63) is 108 Å². The van der Waals surface area contributed by atoms with E-state index in [4.69, 9.17) is 24.7 Å². The molecular formula is C42H64N2O6. The number of nitrogens with two attached hydrogens (primary N) is 1. The molecule has 0 fully saturated rings. The van der Waals surface area contributed by atoms with E-state index in [2.05, 4.69) is 12.2 Å². The van der Waals surface area contributed by atoms with E-state index in [0.717, 1.165) is 36.0 Å². The van der Waals surface area contributed by atoms with E-state index in [9.17, 15) is 9.90 Å². The Bertz CT molecular complexity index is 1130. The maximum atomic E-state index is 12.5. The Kier molecular flexibility index (Phi) is 26.4. The summed E-state index contributed by atoms with van der Waals surface area (Å²) in [6.45, 7) is 4.87. The fraction of sp³-hybridized carbons (Fsp3) is 0.548. The summed E-state index contributed by atoms with van der Waals surface area (Å²) in [5.74, 6) is -0.0509. The van der Waals surface area contributed by atoms with Crippen LogP contribution < -0.4 is 11.1 Å². The fourth-order valence-electron chi connectivity index (χ4n) is 5.40. The summed E-state index contributed by atoms with van der Waals surface area (Å²) >= 11 is 0. The van der Waals surface area contributed by atoms with E-state index < -0.39 is 0 Å². The molecule has 8 heteroatoms. The van der Waals surface area contributed by atoms with Crippen LogP contribution in [-0.2, 0) is 43.6 Å². The lowest BCUT2D eigenvalue weighted by atomic mass is 10.0. The van der Waals surface area contributed by atoms with Crippen molar-refractivity contribution in [2.45, 2.75) is 122 Å². The Labute approximate surface area is 302 Å². The molecule has 0 aromatic heterocycles. The first-order valence-corrected chi connectivity index (χ1v) is 18.7. The van der Waals surface area contributed by atoms with E-state index in [1.54, 1.807) is 0 Å². The molecule has 4 N–H and O–H groups in total. The van der Waals surface area contributed by atoms with E-state index in [1.165, 1.54) is 51.4 Å². The van der Waals surface area contributed by atoms with E-state index in [1.807, 2.05) is 91.0 Å². The van der Waals surface area contributed by atoms with E-state index in [-0.39, 0.29) is 38.2 Å². The van der Waals surface area contributed by atoms with Crippen molar-refractivity contribution in [2.24, 2.45) is 5.73 Å². The van der Waals surface area contributed by atoms with Gasteiger partial charge >= 0.3 is 0 Å². The predicted molar refractivity (Wildman–Crippen MR) is 202 cm³/mol. The zero-order chi connectivity index (χ0) is 35.7. The molecule has 0 heterocycles. The summed E-state index contributed by atoms with van der Waals surface area (Å²) in [4.78, 5) is 12.5. The smallest absolute Gasteiger partial charge is 0.222 e. The third-order valence-corrected chi connectivity index (χ3v) is 8.27. The molecule has 0 radical (unpaired) electrons. The Morgan fingerprint density at radius 1 is 0.640 bits per heavy atom. The van der Waals surface area contributed by atoms with E-state index in [0.29, 0.717) is 39.2 Å². The van der Waals surface area contributed by atoms with Gasteiger partial charge in [0.15, 0.2) is 0 Å². The molecule has 0 aliphatic carbocycles. The van der Waals surface area contributed by atoms with Crippen LogP contribution in [0.15, 0.2) is 91.0 Å². The Balaban J connectivity index is 0.000000387. The molecular weight excluding hydrogens is 628 g/mol. The minimum Gasteiger partial charge on any atom is -0.394 e. The lowest BCUT2D eigenvalue weighted by Crippen LogP contribution is -2.39. The number of hydrogen-bond donors (Lipinski definition) is 3. The van der Waals surface area contributed by atoms with Crippen LogP contribution in [0.1, 0.15) is 107 Å². The maximum absolute atomic E-state index is 12.5. The van der Waals surface area contributed by atoms with Gasteiger partial charge in [0.25, 0.3) is 0 Å². The number of aliphatic hydroxyl groups excluding tert-OH is 1. The molecule has 1 amide bonds. The second-order valence-electron chi connectivity index (χ2n) is 12.7. The highest BCUT2D eigenvalue weighted by molar-refractivity contribution is 5.76. The largest absolute Gasteiger partial charge is 0.394 e. The molecule has 0 spiro atoms. The number of carbonyl (C=O) groups is 1. The van der Waals surface area contributed by atoms with Gasteiger partial charge in [-0.2, -0.15) is 0 Å². The molecule has 0 bridgehead atoms. The van der Waals surface area contributed by atoms with Crippen LogP contribution in [0.2, 0.25) is 0 Å². The van der Waals surface area contributed by atoms with Crippen molar-refractivity contribution in [3.63, 3.8) is 0 Å². The molecule has 0 saturated heterocycles. The highest BCUT2D eigenvalue weighted by Crippen LogP contribution is 2.16. The van der Waals surface area contributed by atoms with Gasteiger partial charge in [-0.05, 0) is 42.5 Å². The highest BCUT2D eigenvalue weighted by atomic mass is 16.7. The van der Waals surface area contributed by atoms with Crippen molar-refractivity contribution in [1.82, 2.24) is 5.32 Å². The molecule has 3 aromatic rings. The van der Waals surface area contributed by atoms with Gasteiger partial charge in [0.05, 0.1) is 45.0 Å². The molecule has 2 atom stereocenters. The van der Waals surface area contributed by atoms with Gasteiger partial charge in [0.2, 0.25) is 5.91 Å². The molecule has 0 aliphatic rings. The third kappa shape index (κ3) is 23.3. The molecule has 0 saturated carbocycles. The van der Waals surface area contributed by atoms with Gasteiger partial charge in [0, 0.05) is 0 Å². The quantitative estimate of drug-likeness (QED) is 0.0517. The average molecular weight is 693 g/mol. The predicted octanol–water partition coefficient (Wildman–Crippen LogP) is 8.45. The van der Waals surface area contributed by atoms with Crippen LogP contribution >= 0.6 is 0 Å². The van der Waals surface area contributed by atoms with Crippen molar-refractivity contribution < 1.29 is 28.8 Å². The zero-order valence-corrected chi connectivity index (χ0v) is 30.5. The summed E-state index contributed by atoms with van der Waals surface area (Å²) in [6.07, 6.45) is 14.2. The van der Waals surface area contributed by atoms with Crippen molar-refractivity contribution in [3.8, 4) is 0 Å². The summed E-state index contributed by atoms with van der Waals surface area (Å²) < 4.78 is 22.1. The number of rotatable bonds is 28. The van der Waals surface area contributed by atoms with Crippen molar-refractivity contribution in [1.29, 1.82) is 0 Å². The van der Waals surface area contributed by atoms with Crippen LogP contribution in [0, 0.1) is 0 Å². The van der Waals surface area contributed by atoms with Crippen molar-refractivity contribution >= 4 is 5.91 Å². The first kappa shape index (κ1) is 43.1. The number of amides is 1. The first-order valence-electron chi connectivity index (χ1n) is 18.7. The van der Waals surface area contributed by atoms with Gasteiger partial charge in [-0.25, -0.2) is 0 Å². The second kappa shape index (κ2) is 30.7. The van der Waals surface area contributed by atoms with E-state index >= 15 is 0 Å². The van der Waals surface area contributed by atoms with Crippen LogP contribution in [0.4, 0.5) is 0 Å². The lowest BCUT2D eigenvalue weighted by Gasteiger charge is -2.21. The number of nitrogens with one attached hydrogen (secondary N) is 1. The Hall–Kier alpha value is -3.11. The monoisotopic (exact) mass is 692 g/mol.